The molecule has 5 nitrogen and oxygen atoms in total. The number of hydrogen-bond donors (Lipinski definition) is 1. The number of benzene rings is 1. The van der Waals surface area contributed by atoms with Crippen LogP contribution in [0.5, 0.6) is 0 Å². The number of anilines is 2. The molecule has 2 N–H and O–H groups in total. The maximum absolute atomic E-state index is 12.2. The zero-order chi connectivity index (χ0) is 16.3. The van der Waals surface area contributed by atoms with Crippen LogP contribution >= 0.6 is 0 Å². The Morgan fingerprint density at radius 2 is 1.91 bits per heavy atom. The van der Waals surface area contributed by atoms with Crippen molar-refractivity contribution >= 4 is 17.5 Å². The summed E-state index contributed by atoms with van der Waals surface area (Å²) >= 11 is 0. The lowest BCUT2D eigenvalue weighted by Crippen LogP contribution is -2.39. The van der Waals surface area contributed by atoms with Crippen LogP contribution in [-0.4, -0.2) is 42.8 Å². The van der Waals surface area contributed by atoms with Crippen LogP contribution in [0.2, 0.25) is 0 Å². The Hall–Kier alpha value is -1.91. The molecule has 5 heteroatoms. The summed E-state index contributed by atoms with van der Waals surface area (Å²) in [6.45, 7) is 10.9. The van der Waals surface area contributed by atoms with Crippen molar-refractivity contribution in [3.05, 3.63) is 23.8 Å². The summed E-state index contributed by atoms with van der Waals surface area (Å²) in [6, 6.07) is 6.10. The van der Waals surface area contributed by atoms with Crippen LogP contribution in [0.15, 0.2) is 18.2 Å². The van der Waals surface area contributed by atoms with E-state index in [9.17, 15) is 4.79 Å². The molecule has 2 rings (SSSR count). The van der Waals surface area contributed by atoms with Crippen molar-refractivity contribution in [2.24, 2.45) is 0 Å². The minimum atomic E-state index is -0.447. The maximum Gasteiger partial charge on any atom is 0.410 e. The van der Waals surface area contributed by atoms with Crippen molar-refractivity contribution < 1.29 is 9.53 Å². The van der Waals surface area contributed by atoms with Gasteiger partial charge in [-0.3, -0.25) is 0 Å². The SMILES string of the molecule is Cc1cc(N2CCCN(C(=O)OC(C)(C)C)CC2)ccc1N. The standard InChI is InChI=1S/C17H27N3O2/c1-13-12-14(6-7-15(13)18)19-8-5-9-20(11-10-19)16(21)22-17(2,3)4/h6-7,12H,5,8-11,18H2,1-4H3. The predicted molar refractivity (Wildman–Crippen MR) is 90.2 cm³/mol. The van der Waals surface area contributed by atoms with Gasteiger partial charge in [0.2, 0.25) is 0 Å². The molecule has 1 aliphatic heterocycles. The first-order chi connectivity index (χ1) is 10.3. The van der Waals surface area contributed by atoms with Crippen LogP contribution < -0.4 is 10.6 Å². The summed E-state index contributed by atoms with van der Waals surface area (Å²) in [5, 5.41) is 0. The lowest BCUT2D eigenvalue weighted by molar-refractivity contribution is 0.0263. The number of nitrogens with zero attached hydrogens (tertiary/aromatic N) is 2. The van der Waals surface area contributed by atoms with E-state index >= 15 is 0 Å². The first-order valence-corrected chi connectivity index (χ1v) is 7.85. The third kappa shape index (κ3) is 4.29. The average Bonchev–Trinajstić information content (AvgIpc) is 2.66. The summed E-state index contributed by atoms with van der Waals surface area (Å²) < 4.78 is 5.46. The fourth-order valence-corrected chi connectivity index (χ4v) is 2.54. The molecule has 1 saturated heterocycles. The molecule has 0 spiro atoms. The van der Waals surface area contributed by atoms with Gasteiger partial charge in [-0.1, -0.05) is 0 Å². The van der Waals surface area contributed by atoms with Gasteiger partial charge in [0, 0.05) is 37.6 Å². The van der Waals surface area contributed by atoms with Gasteiger partial charge in [-0.15, -0.1) is 0 Å². The van der Waals surface area contributed by atoms with Gasteiger partial charge in [-0.25, -0.2) is 4.79 Å². The molecule has 1 heterocycles. The van der Waals surface area contributed by atoms with Crippen LogP contribution in [0.1, 0.15) is 32.8 Å². The smallest absolute Gasteiger partial charge is 0.410 e. The molecule has 1 amide bonds. The van der Waals surface area contributed by atoms with E-state index < -0.39 is 5.60 Å². The molecule has 1 aromatic carbocycles. The fraction of sp³-hybridized carbons (Fsp3) is 0.588. The van der Waals surface area contributed by atoms with Gasteiger partial charge in [0.25, 0.3) is 0 Å². The Labute approximate surface area is 133 Å². The fourth-order valence-electron chi connectivity index (χ4n) is 2.54. The van der Waals surface area contributed by atoms with Gasteiger partial charge in [0.1, 0.15) is 5.60 Å². The highest BCUT2D eigenvalue weighted by atomic mass is 16.6. The lowest BCUT2D eigenvalue weighted by Gasteiger charge is -2.27. The van der Waals surface area contributed by atoms with Crippen LogP contribution in [0, 0.1) is 6.92 Å². The van der Waals surface area contributed by atoms with Crippen molar-refractivity contribution in [3.8, 4) is 0 Å². The van der Waals surface area contributed by atoms with E-state index in [1.54, 1.807) is 4.90 Å². The Kier molecular flexibility index (Phi) is 4.84. The van der Waals surface area contributed by atoms with E-state index in [2.05, 4.69) is 11.0 Å². The largest absolute Gasteiger partial charge is 0.444 e. The molecule has 1 fully saturated rings. The number of nitrogens with two attached hydrogens (primary N) is 1. The maximum atomic E-state index is 12.2. The molecule has 22 heavy (non-hydrogen) atoms. The third-order valence-electron chi connectivity index (χ3n) is 3.77. The van der Waals surface area contributed by atoms with E-state index in [0.717, 1.165) is 43.0 Å². The quantitative estimate of drug-likeness (QED) is 0.810. The zero-order valence-electron chi connectivity index (χ0n) is 14.1. The zero-order valence-corrected chi connectivity index (χ0v) is 14.1. The second kappa shape index (κ2) is 6.46. The van der Waals surface area contributed by atoms with Crippen LogP contribution in [0.25, 0.3) is 0 Å². The van der Waals surface area contributed by atoms with Crippen LogP contribution in [0.4, 0.5) is 16.2 Å². The normalized spacial score (nSPS) is 16.4. The minimum absolute atomic E-state index is 0.220. The first-order valence-electron chi connectivity index (χ1n) is 7.85. The van der Waals surface area contributed by atoms with Gasteiger partial charge in [0.05, 0.1) is 0 Å². The number of hydrogen-bond acceptors (Lipinski definition) is 4. The number of carbonyl (C=O) groups excluding carboxylic acids is 1. The van der Waals surface area contributed by atoms with Gasteiger partial charge in [-0.05, 0) is 57.9 Å². The summed E-state index contributed by atoms with van der Waals surface area (Å²) in [5.74, 6) is 0. The molecule has 122 valence electrons. The van der Waals surface area contributed by atoms with Crippen molar-refractivity contribution in [2.45, 2.75) is 39.7 Å². The van der Waals surface area contributed by atoms with Crippen LogP contribution in [0.3, 0.4) is 0 Å². The molecule has 1 aliphatic rings. The number of amides is 1. The molecule has 0 atom stereocenters. The van der Waals surface area contributed by atoms with E-state index in [1.165, 1.54) is 0 Å². The molecular formula is C17H27N3O2. The Morgan fingerprint density at radius 1 is 1.18 bits per heavy atom. The third-order valence-corrected chi connectivity index (χ3v) is 3.77. The average molecular weight is 305 g/mol. The summed E-state index contributed by atoms with van der Waals surface area (Å²) in [6.07, 6.45) is 0.714. The summed E-state index contributed by atoms with van der Waals surface area (Å²) in [5.41, 5.74) is 8.50. The second-order valence-corrected chi connectivity index (χ2v) is 6.85. The number of rotatable bonds is 1. The highest BCUT2D eigenvalue weighted by molar-refractivity contribution is 5.68. The van der Waals surface area contributed by atoms with E-state index in [4.69, 9.17) is 10.5 Å². The lowest BCUT2D eigenvalue weighted by atomic mass is 10.1. The van der Waals surface area contributed by atoms with Crippen molar-refractivity contribution in [3.63, 3.8) is 0 Å². The topological polar surface area (TPSA) is 58.8 Å². The van der Waals surface area contributed by atoms with Gasteiger partial charge < -0.3 is 20.3 Å². The Balaban J connectivity index is 2.00. The van der Waals surface area contributed by atoms with Gasteiger partial charge in [0.15, 0.2) is 0 Å². The Bertz CT molecular complexity index is 537. The summed E-state index contributed by atoms with van der Waals surface area (Å²) in [4.78, 5) is 16.3. The van der Waals surface area contributed by atoms with Crippen LogP contribution in [-0.2, 0) is 4.74 Å². The molecule has 0 saturated carbocycles. The van der Waals surface area contributed by atoms with E-state index in [1.807, 2.05) is 39.8 Å². The Morgan fingerprint density at radius 3 is 2.55 bits per heavy atom. The monoisotopic (exact) mass is 305 g/mol. The van der Waals surface area contributed by atoms with Crippen molar-refractivity contribution in [2.75, 3.05) is 36.8 Å². The predicted octanol–water partition coefficient (Wildman–Crippen LogP) is 3.02. The molecular weight excluding hydrogens is 278 g/mol. The number of carbonyl (C=O) groups is 1. The van der Waals surface area contributed by atoms with Crippen molar-refractivity contribution in [1.29, 1.82) is 0 Å². The second-order valence-electron chi connectivity index (χ2n) is 6.85. The molecule has 0 unspecified atom stereocenters. The van der Waals surface area contributed by atoms with Crippen molar-refractivity contribution in [1.82, 2.24) is 4.90 Å². The van der Waals surface area contributed by atoms with E-state index in [-0.39, 0.29) is 6.09 Å². The van der Waals surface area contributed by atoms with Gasteiger partial charge >= 0.3 is 6.09 Å². The highest BCUT2D eigenvalue weighted by Gasteiger charge is 2.24. The molecule has 1 aromatic rings. The summed E-state index contributed by atoms with van der Waals surface area (Å²) in [7, 11) is 0. The van der Waals surface area contributed by atoms with E-state index in [0.29, 0.717) is 6.54 Å². The number of nitrogen functional groups attached to an aromatic ring is 1. The minimum Gasteiger partial charge on any atom is -0.444 e. The highest BCUT2D eigenvalue weighted by Crippen LogP contribution is 2.22. The molecule has 0 aromatic heterocycles. The first kappa shape index (κ1) is 16.5. The molecule has 0 bridgehead atoms. The molecule has 0 aliphatic carbocycles. The number of aryl methyl sites for hydroxylation is 1. The number of ether oxygens (including phenoxy) is 1. The molecule has 0 radical (unpaired) electrons. The van der Waals surface area contributed by atoms with Gasteiger partial charge in [-0.2, -0.15) is 0 Å².